The van der Waals surface area contributed by atoms with Gasteiger partial charge in [-0.05, 0) is 42.7 Å². The Morgan fingerprint density at radius 2 is 1.60 bits per heavy atom. The first-order valence-electron chi connectivity index (χ1n) is 9.81. The summed E-state index contributed by atoms with van der Waals surface area (Å²) in [5.41, 5.74) is 0.655. The summed E-state index contributed by atoms with van der Waals surface area (Å²) in [6.45, 7) is -0.398. The molecule has 0 saturated heterocycles. The van der Waals surface area contributed by atoms with Crippen molar-refractivity contribution in [1.29, 1.82) is 0 Å². The van der Waals surface area contributed by atoms with Crippen molar-refractivity contribution >= 4 is 27.6 Å². The van der Waals surface area contributed by atoms with Gasteiger partial charge in [0.1, 0.15) is 0 Å². The minimum Gasteiger partial charge on any atom is -0.455 e. The quantitative estimate of drug-likeness (QED) is 0.682. The predicted molar refractivity (Wildman–Crippen MR) is 113 cm³/mol. The third-order valence-electron chi connectivity index (χ3n) is 5.43. The Bertz CT molecular complexity index is 996. The molecule has 1 aliphatic carbocycles. The summed E-state index contributed by atoms with van der Waals surface area (Å²) in [6, 6.07) is 15.4. The Hall–Kier alpha value is -2.71. The second-order valence-corrected chi connectivity index (χ2v) is 9.74. The van der Waals surface area contributed by atoms with Crippen LogP contribution in [-0.2, 0) is 29.8 Å². The summed E-state index contributed by atoms with van der Waals surface area (Å²) in [5.74, 6) is -0.860. The molecule has 160 valence electrons. The Morgan fingerprint density at radius 1 is 1.00 bits per heavy atom. The van der Waals surface area contributed by atoms with Crippen LogP contribution in [-0.4, -0.2) is 45.3 Å². The van der Waals surface area contributed by atoms with Crippen molar-refractivity contribution < 1.29 is 22.7 Å². The van der Waals surface area contributed by atoms with E-state index in [4.69, 9.17) is 4.74 Å². The van der Waals surface area contributed by atoms with Crippen LogP contribution in [0.4, 0.5) is 5.69 Å². The fraction of sp³-hybridized carbons (Fsp3) is 0.364. The van der Waals surface area contributed by atoms with E-state index in [2.05, 4.69) is 5.32 Å². The van der Waals surface area contributed by atoms with Crippen LogP contribution in [0.5, 0.6) is 0 Å². The van der Waals surface area contributed by atoms with Gasteiger partial charge in [-0.25, -0.2) is 12.7 Å². The topological polar surface area (TPSA) is 92.8 Å². The zero-order valence-corrected chi connectivity index (χ0v) is 17.9. The van der Waals surface area contributed by atoms with Crippen LogP contribution >= 0.6 is 0 Å². The Morgan fingerprint density at radius 3 is 2.17 bits per heavy atom. The van der Waals surface area contributed by atoms with Crippen LogP contribution in [0.2, 0.25) is 0 Å². The third-order valence-corrected chi connectivity index (χ3v) is 7.25. The fourth-order valence-electron chi connectivity index (χ4n) is 3.73. The second kappa shape index (κ2) is 8.97. The summed E-state index contributed by atoms with van der Waals surface area (Å²) in [4.78, 5) is 25.2. The van der Waals surface area contributed by atoms with Gasteiger partial charge >= 0.3 is 5.97 Å². The molecule has 2 aromatic rings. The lowest BCUT2D eigenvalue weighted by Gasteiger charge is -2.27. The van der Waals surface area contributed by atoms with E-state index in [-0.39, 0.29) is 10.9 Å². The van der Waals surface area contributed by atoms with Crippen molar-refractivity contribution in [2.24, 2.45) is 0 Å². The van der Waals surface area contributed by atoms with Gasteiger partial charge in [0.05, 0.1) is 10.3 Å². The smallest absolute Gasteiger partial charge is 0.317 e. The molecule has 7 nitrogen and oxygen atoms in total. The summed E-state index contributed by atoms with van der Waals surface area (Å²) in [5, 5.41) is 2.62. The molecule has 3 rings (SSSR count). The van der Waals surface area contributed by atoms with Crippen LogP contribution < -0.4 is 5.32 Å². The van der Waals surface area contributed by atoms with E-state index in [1.165, 1.54) is 38.4 Å². The van der Waals surface area contributed by atoms with Gasteiger partial charge in [-0.15, -0.1) is 0 Å². The summed E-state index contributed by atoms with van der Waals surface area (Å²) < 4.78 is 30.7. The number of rotatable bonds is 7. The molecule has 2 aromatic carbocycles. The van der Waals surface area contributed by atoms with Gasteiger partial charge in [-0.2, -0.15) is 0 Å². The van der Waals surface area contributed by atoms with Crippen molar-refractivity contribution in [3.05, 3.63) is 60.2 Å². The average molecular weight is 431 g/mol. The summed E-state index contributed by atoms with van der Waals surface area (Å²) in [7, 11) is -0.634. The number of hydrogen-bond donors (Lipinski definition) is 1. The monoisotopic (exact) mass is 430 g/mol. The minimum absolute atomic E-state index is 0.128. The van der Waals surface area contributed by atoms with E-state index in [0.717, 1.165) is 22.7 Å². The SMILES string of the molecule is CN(C)S(=O)(=O)c1ccc(NC(=O)COC(=O)C2(c3ccccc3)CCCC2)cc1. The van der Waals surface area contributed by atoms with Crippen molar-refractivity contribution in [1.82, 2.24) is 4.31 Å². The molecule has 0 aliphatic heterocycles. The molecular weight excluding hydrogens is 404 g/mol. The average Bonchev–Trinajstić information content (AvgIpc) is 3.24. The van der Waals surface area contributed by atoms with Crippen molar-refractivity contribution in [2.45, 2.75) is 36.0 Å². The molecule has 0 radical (unpaired) electrons. The van der Waals surface area contributed by atoms with E-state index in [1.54, 1.807) is 0 Å². The van der Waals surface area contributed by atoms with Crippen molar-refractivity contribution in [2.75, 3.05) is 26.0 Å². The number of anilines is 1. The maximum atomic E-state index is 12.9. The fourth-order valence-corrected chi connectivity index (χ4v) is 4.64. The molecule has 1 aliphatic rings. The van der Waals surface area contributed by atoms with Crippen LogP contribution in [0, 0.1) is 0 Å². The van der Waals surface area contributed by atoms with E-state index >= 15 is 0 Å². The third kappa shape index (κ3) is 4.55. The number of esters is 1. The first kappa shape index (κ1) is 22.0. The zero-order chi connectivity index (χ0) is 21.8. The second-order valence-electron chi connectivity index (χ2n) is 7.59. The molecule has 1 saturated carbocycles. The molecule has 0 spiro atoms. The van der Waals surface area contributed by atoms with E-state index < -0.39 is 28.0 Å². The van der Waals surface area contributed by atoms with E-state index in [0.29, 0.717) is 18.5 Å². The lowest BCUT2D eigenvalue weighted by molar-refractivity contribution is -0.153. The molecule has 0 heterocycles. The van der Waals surface area contributed by atoms with Gasteiger partial charge < -0.3 is 10.1 Å². The number of nitrogens with one attached hydrogen (secondary N) is 1. The Kier molecular flexibility index (Phi) is 6.58. The Labute approximate surface area is 177 Å². The van der Waals surface area contributed by atoms with Gasteiger partial charge in [0.25, 0.3) is 5.91 Å². The maximum absolute atomic E-state index is 12.9. The standard InChI is InChI=1S/C22H26N2O5S/c1-24(2)30(27,28)19-12-10-18(11-13-19)23-20(25)16-29-21(26)22(14-6-7-15-22)17-8-4-3-5-9-17/h3-5,8-13H,6-7,14-16H2,1-2H3,(H,23,25). The first-order valence-corrected chi connectivity index (χ1v) is 11.2. The predicted octanol–water partition coefficient (Wildman–Crippen LogP) is 2.93. The number of hydrogen-bond acceptors (Lipinski definition) is 5. The summed E-state index contributed by atoms with van der Waals surface area (Å²) in [6.07, 6.45) is 3.30. The minimum atomic E-state index is -3.54. The Balaban J connectivity index is 1.61. The van der Waals surface area contributed by atoms with Crippen LogP contribution in [0.25, 0.3) is 0 Å². The number of carbonyl (C=O) groups is 2. The van der Waals surface area contributed by atoms with E-state index in [1.807, 2.05) is 30.3 Å². The molecular formula is C22H26N2O5S. The molecule has 0 unspecified atom stereocenters. The summed E-state index contributed by atoms with van der Waals surface area (Å²) >= 11 is 0. The van der Waals surface area contributed by atoms with Gasteiger partial charge in [0, 0.05) is 19.8 Å². The van der Waals surface area contributed by atoms with Crippen molar-refractivity contribution in [3.8, 4) is 0 Å². The largest absolute Gasteiger partial charge is 0.455 e. The molecule has 0 bridgehead atoms. The van der Waals surface area contributed by atoms with Crippen molar-refractivity contribution in [3.63, 3.8) is 0 Å². The van der Waals surface area contributed by atoms with E-state index in [9.17, 15) is 18.0 Å². The molecule has 0 aromatic heterocycles. The molecule has 1 N–H and O–H groups in total. The lowest BCUT2D eigenvalue weighted by atomic mass is 9.79. The van der Waals surface area contributed by atoms with Gasteiger partial charge in [-0.1, -0.05) is 43.2 Å². The highest BCUT2D eigenvalue weighted by atomic mass is 32.2. The van der Waals surface area contributed by atoms with Crippen LogP contribution in [0.3, 0.4) is 0 Å². The number of carbonyl (C=O) groups excluding carboxylic acids is 2. The number of ether oxygens (including phenoxy) is 1. The van der Waals surface area contributed by atoms with Crippen LogP contribution in [0.1, 0.15) is 31.2 Å². The number of benzene rings is 2. The first-order chi connectivity index (χ1) is 14.3. The normalized spacial score (nSPS) is 15.7. The molecule has 1 amide bonds. The zero-order valence-electron chi connectivity index (χ0n) is 17.1. The van der Waals surface area contributed by atoms with Gasteiger partial charge in [0.15, 0.2) is 6.61 Å². The molecule has 8 heteroatoms. The maximum Gasteiger partial charge on any atom is 0.317 e. The highest BCUT2D eigenvalue weighted by molar-refractivity contribution is 7.89. The highest BCUT2D eigenvalue weighted by Crippen LogP contribution is 2.42. The molecule has 0 atom stereocenters. The number of amides is 1. The molecule has 1 fully saturated rings. The van der Waals surface area contributed by atoms with Crippen LogP contribution in [0.15, 0.2) is 59.5 Å². The van der Waals surface area contributed by atoms with Gasteiger partial charge in [-0.3, -0.25) is 9.59 Å². The van der Waals surface area contributed by atoms with Gasteiger partial charge in [0.2, 0.25) is 10.0 Å². The number of nitrogens with zero attached hydrogens (tertiary/aromatic N) is 1. The lowest BCUT2D eigenvalue weighted by Crippen LogP contribution is -2.36. The highest BCUT2D eigenvalue weighted by Gasteiger charge is 2.44. The number of sulfonamides is 1. The molecule has 30 heavy (non-hydrogen) atoms.